The first-order valence-corrected chi connectivity index (χ1v) is 5.85. The molecule has 0 unspecified atom stereocenters. The van der Waals surface area contributed by atoms with Crippen LogP contribution in [0.4, 0.5) is 0 Å². The topological polar surface area (TPSA) is 41.5 Å². The zero-order valence-corrected chi connectivity index (χ0v) is 11.5. The minimum atomic E-state index is -0.178. The number of amides is 1. The third-order valence-electron chi connectivity index (χ3n) is 1.70. The predicted molar refractivity (Wildman–Crippen MR) is 67.9 cm³/mol. The van der Waals surface area contributed by atoms with Gasteiger partial charge in [0, 0.05) is 21.4 Å². The third kappa shape index (κ3) is 3.76. The van der Waals surface area contributed by atoms with E-state index in [1.165, 1.54) is 6.92 Å². The molecule has 1 aromatic carbocycles. The first-order valence-electron chi connectivity index (χ1n) is 4.27. The molecule has 15 heavy (non-hydrogen) atoms. The minimum absolute atomic E-state index is 0.178. The molecule has 0 saturated carbocycles. The van der Waals surface area contributed by atoms with E-state index in [1.54, 1.807) is 0 Å². The van der Waals surface area contributed by atoms with E-state index in [0.29, 0.717) is 0 Å². The number of rotatable bonds is 2. The van der Waals surface area contributed by atoms with Crippen LogP contribution in [0.25, 0.3) is 0 Å². The number of halogens is 2. The van der Waals surface area contributed by atoms with E-state index in [0.717, 1.165) is 20.2 Å². The molecular formula is C10H10Br2N2O. The lowest BCUT2D eigenvalue weighted by Gasteiger charge is -2.04. The van der Waals surface area contributed by atoms with E-state index in [9.17, 15) is 4.79 Å². The molecule has 1 rings (SSSR count). The number of hydrogen-bond acceptors (Lipinski definition) is 2. The first-order chi connectivity index (χ1) is 7.00. The van der Waals surface area contributed by atoms with Gasteiger partial charge in [-0.2, -0.15) is 5.10 Å². The van der Waals surface area contributed by atoms with Crippen molar-refractivity contribution in [3.8, 4) is 0 Å². The molecule has 0 bridgehead atoms. The lowest BCUT2D eigenvalue weighted by Crippen LogP contribution is -2.15. The Morgan fingerprint density at radius 2 is 2.00 bits per heavy atom. The van der Waals surface area contributed by atoms with Crippen LogP contribution in [0.15, 0.2) is 32.2 Å². The summed E-state index contributed by atoms with van der Waals surface area (Å²) in [6, 6.07) is 5.78. The van der Waals surface area contributed by atoms with E-state index in [2.05, 4.69) is 42.4 Å². The van der Waals surface area contributed by atoms with E-state index < -0.39 is 0 Å². The van der Waals surface area contributed by atoms with Gasteiger partial charge in [-0.15, -0.1) is 0 Å². The number of hydrazone groups is 1. The molecule has 1 amide bonds. The van der Waals surface area contributed by atoms with Crippen molar-refractivity contribution in [2.24, 2.45) is 5.10 Å². The Morgan fingerprint density at radius 3 is 2.53 bits per heavy atom. The largest absolute Gasteiger partial charge is 0.274 e. The fraction of sp³-hybridized carbons (Fsp3) is 0.200. The van der Waals surface area contributed by atoms with Crippen LogP contribution in [-0.4, -0.2) is 11.6 Å². The maximum absolute atomic E-state index is 10.7. The third-order valence-corrected chi connectivity index (χ3v) is 2.85. The standard InChI is InChI=1S/C10H10Br2N2O/c1-6(13-14-7(2)15)9-4-3-8(11)5-10(9)12/h3-5H,1-2H3,(H,14,15). The van der Waals surface area contributed by atoms with Crippen molar-refractivity contribution in [1.82, 2.24) is 5.43 Å². The molecular weight excluding hydrogens is 324 g/mol. The summed E-state index contributed by atoms with van der Waals surface area (Å²) in [4.78, 5) is 10.7. The summed E-state index contributed by atoms with van der Waals surface area (Å²) < 4.78 is 1.92. The Balaban J connectivity index is 2.95. The van der Waals surface area contributed by atoms with Crippen LogP contribution in [-0.2, 0) is 4.79 Å². The summed E-state index contributed by atoms with van der Waals surface area (Å²) in [5.74, 6) is -0.178. The average Bonchev–Trinajstić information content (AvgIpc) is 2.14. The van der Waals surface area contributed by atoms with Crippen molar-refractivity contribution in [2.75, 3.05) is 0 Å². The van der Waals surface area contributed by atoms with Crippen LogP contribution >= 0.6 is 31.9 Å². The van der Waals surface area contributed by atoms with Crippen LogP contribution in [0.3, 0.4) is 0 Å². The van der Waals surface area contributed by atoms with E-state index in [4.69, 9.17) is 0 Å². The van der Waals surface area contributed by atoms with Gasteiger partial charge < -0.3 is 0 Å². The summed E-state index contributed by atoms with van der Waals surface area (Å²) in [6.07, 6.45) is 0. The highest BCUT2D eigenvalue weighted by molar-refractivity contribution is 9.11. The van der Waals surface area contributed by atoms with Gasteiger partial charge in [-0.1, -0.05) is 37.9 Å². The van der Waals surface area contributed by atoms with Gasteiger partial charge in [-0.25, -0.2) is 5.43 Å². The number of nitrogens with zero attached hydrogens (tertiary/aromatic N) is 1. The maximum atomic E-state index is 10.7. The normalized spacial score (nSPS) is 11.3. The monoisotopic (exact) mass is 332 g/mol. The Hall–Kier alpha value is -0.680. The molecule has 80 valence electrons. The van der Waals surface area contributed by atoms with Crippen molar-refractivity contribution < 1.29 is 4.79 Å². The van der Waals surface area contributed by atoms with Gasteiger partial charge in [0.25, 0.3) is 0 Å². The van der Waals surface area contributed by atoms with E-state index in [1.807, 2.05) is 25.1 Å². The smallest absolute Gasteiger partial charge is 0.236 e. The summed E-state index contributed by atoms with van der Waals surface area (Å²) in [7, 11) is 0. The zero-order valence-electron chi connectivity index (χ0n) is 8.34. The molecule has 0 radical (unpaired) electrons. The average molecular weight is 334 g/mol. The van der Waals surface area contributed by atoms with Gasteiger partial charge in [-0.05, 0) is 19.1 Å². The van der Waals surface area contributed by atoms with Crippen molar-refractivity contribution in [1.29, 1.82) is 0 Å². The fourth-order valence-corrected chi connectivity index (χ4v) is 2.34. The Bertz CT molecular complexity index is 416. The lowest BCUT2D eigenvalue weighted by molar-refractivity contribution is -0.118. The Morgan fingerprint density at radius 1 is 1.33 bits per heavy atom. The van der Waals surface area contributed by atoms with Crippen LogP contribution in [0.1, 0.15) is 19.4 Å². The quantitative estimate of drug-likeness (QED) is 0.656. The summed E-state index contributed by atoms with van der Waals surface area (Å²) in [5.41, 5.74) is 4.11. The molecule has 0 heterocycles. The van der Waals surface area contributed by atoms with Crippen molar-refractivity contribution in [3.63, 3.8) is 0 Å². The minimum Gasteiger partial charge on any atom is -0.274 e. The highest BCUT2D eigenvalue weighted by Gasteiger charge is 2.03. The predicted octanol–water partition coefficient (Wildman–Crippen LogP) is 3.07. The molecule has 0 atom stereocenters. The molecule has 1 aromatic rings. The van der Waals surface area contributed by atoms with E-state index >= 15 is 0 Å². The molecule has 1 N–H and O–H groups in total. The van der Waals surface area contributed by atoms with Crippen molar-refractivity contribution in [2.45, 2.75) is 13.8 Å². The lowest BCUT2D eigenvalue weighted by atomic mass is 10.1. The molecule has 5 heteroatoms. The molecule has 0 aromatic heterocycles. The van der Waals surface area contributed by atoms with E-state index in [-0.39, 0.29) is 5.91 Å². The van der Waals surface area contributed by atoms with Gasteiger partial charge in [0.05, 0.1) is 5.71 Å². The molecule has 0 aliphatic carbocycles. The van der Waals surface area contributed by atoms with Crippen LogP contribution in [0.2, 0.25) is 0 Å². The maximum Gasteiger partial charge on any atom is 0.236 e. The Kier molecular flexibility index (Phi) is 4.47. The van der Waals surface area contributed by atoms with Gasteiger partial charge in [0.1, 0.15) is 0 Å². The molecule has 0 fully saturated rings. The van der Waals surface area contributed by atoms with Crippen molar-refractivity contribution in [3.05, 3.63) is 32.7 Å². The number of carbonyl (C=O) groups is 1. The first kappa shape index (κ1) is 12.4. The molecule has 0 aliphatic rings. The number of benzene rings is 1. The second kappa shape index (κ2) is 5.42. The van der Waals surface area contributed by atoms with Crippen LogP contribution in [0, 0.1) is 0 Å². The SMILES string of the molecule is CC(=O)NN=C(C)c1ccc(Br)cc1Br. The van der Waals surface area contributed by atoms with Gasteiger partial charge >= 0.3 is 0 Å². The summed E-state index contributed by atoms with van der Waals surface area (Å²) in [5, 5.41) is 3.96. The Labute approximate surface area is 105 Å². The molecule has 0 saturated heterocycles. The van der Waals surface area contributed by atoms with Crippen molar-refractivity contribution >= 4 is 43.5 Å². The second-order valence-electron chi connectivity index (χ2n) is 2.99. The van der Waals surface area contributed by atoms with Gasteiger partial charge in [-0.3, -0.25) is 4.79 Å². The number of nitrogens with one attached hydrogen (secondary N) is 1. The van der Waals surface area contributed by atoms with Crippen LogP contribution < -0.4 is 5.43 Å². The molecule has 0 spiro atoms. The molecule has 3 nitrogen and oxygen atoms in total. The number of carbonyl (C=O) groups excluding carboxylic acids is 1. The second-order valence-corrected chi connectivity index (χ2v) is 4.76. The summed E-state index contributed by atoms with van der Waals surface area (Å²) >= 11 is 6.80. The number of hydrogen-bond donors (Lipinski definition) is 1. The molecule has 0 aliphatic heterocycles. The van der Waals surface area contributed by atoms with Gasteiger partial charge in [0.2, 0.25) is 5.91 Å². The summed E-state index contributed by atoms with van der Waals surface area (Å²) in [6.45, 7) is 3.26. The van der Waals surface area contributed by atoms with Crippen LogP contribution in [0.5, 0.6) is 0 Å². The van der Waals surface area contributed by atoms with Gasteiger partial charge in [0.15, 0.2) is 0 Å². The highest BCUT2D eigenvalue weighted by Crippen LogP contribution is 2.22. The fourth-order valence-electron chi connectivity index (χ4n) is 1.01. The highest BCUT2D eigenvalue weighted by atomic mass is 79.9. The zero-order chi connectivity index (χ0) is 11.4.